The average Bonchev–Trinajstić information content (AvgIpc) is 2.37. The van der Waals surface area contributed by atoms with E-state index in [4.69, 9.17) is 0 Å². The summed E-state index contributed by atoms with van der Waals surface area (Å²) in [6, 6.07) is 5.50. The molecule has 1 aromatic rings. The van der Waals surface area contributed by atoms with Gasteiger partial charge in [0.25, 0.3) is 0 Å². The maximum absolute atomic E-state index is 12.4. The van der Waals surface area contributed by atoms with Crippen molar-refractivity contribution >= 4 is 21.8 Å². The van der Waals surface area contributed by atoms with Crippen LogP contribution in [0.15, 0.2) is 23.1 Å². The molecule has 0 aromatic heterocycles. The molecule has 1 atom stereocenters. The molecule has 0 fully saturated rings. The van der Waals surface area contributed by atoms with Gasteiger partial charge in [0, 0.05) is 18.3 Å². The number of hydrogen-bond acceptors (Lipinski definition) is 4. The Kier molecular flexibility index (Phi) is 7.02. The van der Waals surface area contributed by atoms with Gasteiger partial charge >= 0.3 is 0 Å². The highest BCUT2D eigenvalue weighted by Gasteiger charge is 2.19. The van der Waals surface area contributed by atoms with Crippen molar-refractivity contribution in [3.63, 3.8) is 0 Å². The lowest BCUT2D eigenvalue weighted by Gasteiger charge is -2.15. The van der Waals surface area contributed by atoms with Crippen LogP contribution in [0.25, 0.3) is 0 Å². The van der Waals surface area contributed by atoms with Crippen LogP contribution in [0, 0.1) is 6.92 Å². The maximum atomic E-state index is 12.4. The summed E-state index contributed by atoms with van der Waals surface area (Å²) >= 11 is 1.63. The lowest BCUT2D eigenvalue weighted by molar-refractivity contribution is 0.570. The molecule has 0 amide bonds. The first-order chi connectivity index (χ1) is 9.40. The minimum atomic E-state index is -3.45. The minimum absolute atomic E-state index is 0.0770. The first-order valence-electron chi connectivity index (χ1n) is 6.72. The molecule has 114 valence electrons. The van der Waals surface area contributed by atoms with Gasteiger partial charge in [0.1, 0.15) is 0 Å². The summed E-state index contributed by atoms with van der Waals surface area (Å²) in [7, 11) is -3.45. The van der Waals surface area contributed by atoms with Crippen molar-refractivity contribution < 1.29 is 8.42 Å². The molecule has 0 bridgehead atoms. The van der Waals surface area contributed by atoms with Crippen molar-refractivity contribution in [3.8, 4) is 0 Å². The number of rotatable bonds is 8. The molecule has 4 nitrogen and oxygen atoms in total. The molecule has 0 spiro atoms. The smallest absolute Gasteiger partial charge is 0.241 e. The number of hydrogen-bond donors (Lipinski definition) is 2. The molecule has 0 heterocycles. The van der Waals surface area contributed by atoms with Gasteiger partial charge in [0.2, 0.25) is 10.0 Å². The molecule has 1 unspecified atom stereocenters. The molecule has 0 aliphatic heterocycles. The van der Waals surface area contributed by atoms with Gasteiger partial charge < -0.3 is 5.32 Å². The second kappa shape index (κ2) is 8.02. The van der Waals surface area contributed by atoms with Crippen LogP contribution >= 0.6 is 11.8 Å². The first-order valence-corrected chi connectivity index (χ1v) is 9.60. The van der Waals surface area contributed by atoms with E-state index in [0.717, 1.165) is 23.4 Å². The van der Waals surface area contributed by atoms with Gasteiger partial charge in [-0.2, -0.15) is 11.8 Å². The van der Waals surface area contributed by atoms with E-state index in [2.05, 4.69) is 10.0 Å². The van der Waals surface area contributed by atoms with Crippen molar-refractivity contribution in [3.05, 3.63) is 29.3 Å². The molecular formula is C14H24N2O2S2. The van der Waals surface area contributed by atoms with Gasteiger partial charge in [-0.3, -0.25) is 0 Å². The van der Waals surface area contributed by atoms with Gasteiger partial charge in [0.15, 0.2) is 0 Å². The van der Waals surface area contributed by atoms with E-state index < -0.39 is 10.0 Å². The van der Waals surface area contributed by atoms with E-state index in [1.165, 1.54) is 0 Å². The molecule has 6 heteroatoms. The highest BCUT2D eigenvalue weighted by molar-refractivity contribution is 7.98. The zero-order chi connectivity index (χ0) is 15.2. The first kappa shape index (κ1) is 17.5. The lowest BCUT2D eigenvalue weighted by Crippen LogP contribution is -2.34. The molecular weight excluding hydrogens is 292 g/mol. The van der Waals surface area contributed by atoms with Crippen molar-refractivity contribution in [2.45, 2.75) is 38.3 Å². The molecule has 20 heavy (non-hydrogen) atoms. The van der Waals surface area contributed by atoms with Crippen molar-refractivity contribution in [1.82, 2.24) is 10.0 Å². The standard InChI is InChI=1S/C14H24N2O2S2/c1-5-15-9-13-7-6-11(2)14(8-13)20(17,18)16-12(3)10-19-4/h6-8,12,15-16H,5,9-10H2,1-4H3. The Morgan fingerprint density at radius 3 is 2.65 bits per heavy atom. The van der Waals surface area contributed by atoms with Crippen LogP contribution in [0.1, 0.15) is 25.0 Å². The van der Waals surface area contributed by atoms with E-state index in [1.807, 2.05) is 39.2 Å². The Morgan fingerprint density at radius 2 is 2.05 bits per heavy atom. The Morgan fingerprint density at radius 1 is 1.35 bits per heavy atom. The fraction of sp³-hybridized carbons (Fsp3) is 0.571. The third-order valence-electron chi connectivity index (χ3n) is 2.89. The highest BCUT2D eigenvalue weighted by Crippen LogP contribution is 2.18. The zero-order valence-corrected chi connectivity index (χ0v) is 14.2. The lowest BCUT2D eigenvalue weighted by atomic mass is 10.1. The minimum Gasteiger partial charge on any atom is -0.313 e. The second-order valence-corrected chi connectivity index (χ2v) is 7.45. The normalized spacial score (nSPS) is 13.4. The fourth-order valence-corrected chi connectivity index (χ4v) is 4.15. The summed E-state index contributed by atoms with van der Waals surface area (Å²) in [6.07, 6.45) is 1.97. The van der Waals surface area contributed by atoms with Gasteiger partial charge in [-0.1, -0.05) is 19.1 Å². The molecule has 2 N–H and O–H groups in total. The third kappa shape index (κ3) is 5.09. The number of nitrogens with one attached hydrogen (secondary N) is 2. The molecule has 0 aliphatic carbocycles. The summed E-state index contributed by atoms with van der Waals surface area (Å²) in [4.78, 5) is 0.376. The molecule has 0 radical (unpaired) electrons. The Labute approximate surface area is 126 Å². The number of aryl methyl sites for hydroxylation is 1. The van der Waals surface area contributed by atoms with E-state index >= 15 is 0 Å². The summed E-state index contributed by atoms with van der Waals surface area (Å²) in [6.45, 7) is 7.27. The predicted molar refractivity (Wildman–Crippen MR) is 86.7 cm³/mol. The van der Waals surface area contributed by atoms with E-state index in [0.29, 0.717) is 11.4 Å². The van der Waals surface area contributed by atoms with E-state index in [9.17, 15) is 8.42 Å². The Hall–Kier alpha value is -0.560. The Balaban J connectivity index is 2.98. The Bertz CT molecular complexity index is 530. The monoisotopic (exact) mass is 316 g/mol. The second-order valence-electron chi connectivity index (χ2n) is 4.86. The fourth-order valence-electron chi connectivity index (χ4n) is 1.93. The van der Waals surface area contributed by atoms with Gasteiger partial charge in [0.05, 0.1) is 4.90 Å². The summed E-state index contributed by atoms with van der Waals surface area (Å²) in [5.41, 5.74) is 1.75. The number of benzene rings is 1. The van der Waals surface area contributed by atoms with Gasteiger partial charge in [-0.15, -0.1) is 0 Å². The summed E-state index contributed by atoms with van der Waals surface area (Å²) in [5.74, 6) is 0.759. The topological polar surface area (TPSA) is 58.2 Å². The van der Waals surface area contributed by atoms with Crippen molar-refractivity contribution in [2.75, 3.05) is 18.6 Å². The number of thioether (sulfide) groups is 1. The van der Waals surface area contributed by atoms with Crippen molar-refractivity contribution in [2.24, 2.45) is 0 Å². The maximum Gasteiger partial charge on any atom is 0.241 e. The summed E-state index contributed by atoms with van der Waals surface area (Å²) < 4.78 is 27.6. The molecule has 0 saturated carbocycles. The molecule has 0 saturated heterocycles. The van der Waals surface area contributed by atoms with Crippen LogP contribution in [-0.2, 0) is 16.6 Å². The highest BCUT2D eigenvalue weighted by atomic mass is 32.2. The van der Waals surface area contributed by atoms with Gasteiger partial charge in [-0.05, 0) is 43.8 Å². The molecule has 1 aromatic carbocycles. The summed E-state index contributed by atoms with van der Waals surface area (Å²) in [5, 5.41) is 3.21. The zero-order valence-electron chi connectivity index (χ0n) is 12.6. The van der Waals surface area contributed by atoms with Crippen LogP contribution in [0.4, 0.5) is 0 Å². The quantitative estimate of drug-likeness (QED) is 0.771. The third-order valence-corrected chi connectivity index (χ3v) is 5.46. The van der Waals surface area contributed by atoms with Crippen LogP contribution in [0.5, 0.6) is 0 Å². The van der Waals surface area contributed by atoms with Crippen LogP contribution in [0.2, 0.25) is 0 Å². The molecule has 0 aliphatic rings. The van der Waals surface area contributed by atoms with E-state index in [1.54, 1.807) is 17.8 Å². The van der Waals surface area contributed by atoms with Crippen LogP contribution in [-0.4, -0.2) is 33.0 Å². The van der Waals surface area contributed by atoms with Crippen molar-refractivity contribution in [1.29, 1.82) is 0 Å². The van der Waals surface area contributed by atoms with Crippen LogP contribution in [0.3, 0.4) is 0 Å². The van der Waals surface area contributed by atoms with Crippen LogP contribution < -0.4 is 10.0 Å². The number of sulfonamides is 1. The SMILES string of the molecule is CCNCc1ccc(C)c(S(=O)(=O)NC(C)CSC)c1. The van der Waals surface area contributed by atoms with Gasteiger partial charge in [-0.25, -0.2) is 13.1 Å². The largest absolute Gasteiger partial charge is 0.313 e. The van der Waals surface area contributed by atoms with E-state index in [-0.39, 0.29) is 6.04 Å². The average molecular weight is 316 g/mol. The molecule has 1 rings (SSSR count). The predicted octanol–water partition coefficient (Wildman–Crippen LogP) is 2.13.